The Hall–Kier alpha value is -1.53. The Morgan fingerprint density at radius 3 is 2.29 bits per heavy atom. The van der Waals surface area contributed by atoms with E-state index in [1.807, 2.05) is 32.9 Å². The fourth-order valence-electron chi connectivity index (χ4n) is 1.95. The summed E-state index contributed by atoms with van der Waals surface area (Å²) in [6.45, 7) is 5.60. The highest BCUT2D eigenvalue weighted by molar-refractivity contribution is 9.10. The summed E-state index contributed by atoms with van der Waals surface area (Å²) in [6.07, 6.45) is 0. The molecule has 0 saturated heterocycles. The van der Waals surface area contributed by atoms with Crippen molar-refractivity contribution in [3.8, 4) is 0 Å². The molecule has 0 amide bonds. The average molecular weight is 369 g/mol. The molecule has 2 aromatic rings. The molecule has 0 aliphatic carbocycles. The summed E-state index contributed by atoms with van der Waals surface area (Å²) in [7, 11) is -3.72. The quantitative estimate of drug-likeness (QED) is 0.810. The van der Waals surface area contributed by atoms with E-state index in [1.165, 1.54) is 0 Å². The Kier molecular flexibility index (Phi) is 4.30. The van der Waals surface area contributed by atoms with Crippen molar-refractivity contribution in [1.29, 1.82) is 0 Å². The molecular formula is C15H17BrN2O2S. The second-order valence-corrected chi connectivity index (χ2v) is 7.61. The van der Waals surface area contributed by atoms with E-state index in [4.69, 9.17) is 5.73 Å². The highest BCUT2D eigenvalue weighted by Crippen LogP contribution is 2.27. The van der Waals surface area contributed by atoms with E-state index in [2.05, 4.69) is 20.7 Å². The maximum atomic E-state index is 12.5. The minimum atomic E-state index is -3.72. The van der Waals surface area contributed by atoms with Crippen LogP contribution in [0.2, 0.25) is 0 Å². The van der Waals surface area contributed by atoms with Crippen molar-refractivity contribution in [2.24, 2.45) is 0 Å². The number of hydrogen-bond donors (Lipinski definition) is 2. The Balaban J connectivity index is 2.48. The lowest BCUT2D eigenvalue weighted by atomic mass is 10.1. The Morgan fingerprint density at radius 1 is 1.00 bits per heavy atom. The standard InChI is InChI=1S/C15H17BrN2O2S/c1-9-4-5-12(16)8-14(9)18-21(19,20)15-7-11(3)10(2)6-13(15)17/h4-8,18H,17H2,1-3H3. The van der Waals surface area contributed by atoms with E-state index in [-0.39, 0.29) is 10.6 Å². The van der Waals surface area contributed by atoms with Gasteiger partial charge in [0.05, 0.1) is 11.4 Å². The van der Waals surface area contributed by atoms with Crippen LogP contribution in [0.5, 0.6) is 0 Å². The maximum Gasteiger partial charge on any atom is 0.263 e. The molecule has 0 spiro atoms. The minimum Gasteiger partial charge on any atom is -0.398 e. The first-order valence-corrected chi connectivity index (χ1v) is 8.64. The molecular weight excluding hydrogens is 352 g/mol. The lowest BCUT2D eigenvalue weighted by Gasteiger charge is -2.14. The fraction of sp³-hybridized carbons (Fsp3) is 0.200. The van der Waals surface area contributed by atoms with Gasteiger partial charge in [0, 0.05) is 4.47 Å². The zero-order chi connectivity index (χ0) is 15.8. The number of sulfonamides is 1. The number of hydrogen-bond acceptors (Lipinski definition) is 3. The van der Waals surface area contributed by atoms with E-state index < -0.39 is 10.0 Å². The molecule has 4 nitrogen and oxygen atoms in total. The SMILES string of the molecule is Cc1cc(N)c(S(=O)(=O)Nc2cc(Br)ccc2C)cc1C. The number of benzene rings is 2. The van der Waals surface area contributed by atoms with Gasteiger partial charge in [-0.05, 0) is 61.7 Å². The zero-order valence-electron chi connectivity index (χ0n) is 12.1. The van der Waals surface area contributed by atoms with E-state index in [0.717, 1.165) is 21.2 Å². The third-order valence-electron chi connectivity index (χ3n) is 3.36. The van der Waals surface area contributed by atoms with Crippen molar-refractivity contribution < 1.29 is 8.42 Å². The summed E-state index contributed by atoms with van der Waals surface area (Å²) in [6, 6.07) is 8.70. The number of anilines is 2. The van der Waals surface area contributed by atoms with Crippen LogP contribution in [-0.4, -0.2) is 8.42 Å². The van der Waals surface area contributed by atoms with Crippen LogP contribution in [0.15, 0.2) is 39.7 Å². The molecule has 0 aliphatic heterocycles. The van der Waals surface area contributed by atoms with Gasteiger partial charge in [0.25, 0.3) is 10.0 Å². The van der Waals surface area contributed by atoms with Crippen molar-refractivity contribution in [3.05, 3.63) is 51.5 Å². The van der Waals surface area contributed by atoms with Crippen molar-refractivity contribution in [2.75, 3.05) is 10.5 Å². The maximum absolute atomic E-state index is 12.5. The number of nitrogens with two attached hydrogens (primary N) is 1. The van der Waals surface area contributed by atoms with Gasteiger partial charge in [-0.1, -0.05) is 22.0 Å². The van der Waals surface area contributed by atoms with Crippen LogP contribution in [0.25, 0.3) is 0 Å². The molecule has 112 valence electrons. The normalized spacial score (nSPS) is 11.4. The third kappa shape index (κ3) is 3.39. The lowest BCUT2D eigenvalue weighted by Crippen LogP contribution is -2.16. The average Bonchev–Trinajstić information content (AvgIpc) is 2.37. The van der Waals surface area contributed by atoms with Gasteiger partial charge in [0.2, 0.25) is 0 Å². The van der Waals surface area contributed by atoms with E-state index in [9.17, 15) is 8.42 Å². The summed E-state index contributed by atoms with van der Waals surface area (Å²) in [4.78, 5) is 0.102. The molecule has 0 bridgehead atoms. The molecule has 3 N–H and O–H groups in total. The van der Waals surface area contributed by atoms with Crippen LogP contribution in [0.1, 0.15) is 16.7 Å². The zero-order valence-corrected chi connectivity index (χ0v) is 14.5. The number of nitrogens with one attached hydrogen (secondary N) is 1. The van der Waals surface area contributed by atoms with Crippen LogP contribution < -0.4 is 10.5 Å². The third-order valence-corrected chi connectivity index (χ3v) is 5.27. The first-order chi connectivity index (χ1) is 9.70. The lowest BCUT2D eigenvalue weighted by molar-refractivity contribution is 0.601. The predicted octanol–water partition coefficient (Wildman–Crippen LogP) is 3.76. The molecule has 2 aromatic carbocycles. The van der Waals surface area contributed by atoms with Gasteiger partial charge in [-0.25, -0.2) is 8.42 Å². The Bertz CT molecular complexity index is 802. The highest BCUT2D eigenvalue weighted by atomic mass is 79.9. The van der Waals surface area contributed by atoms with E-state index in [0.29, 0.717) is 5.69 Å². The molecule has 0 heterocycles. The number of nitrogen functional groups attached to an aromatic ring is 1. The van der Waals surface area contributed by atoms with Crippen LogP contribution in [0.4, 0.5) is 11.4 Å². The summed E-state index contributed by atoms with van der Waals surface area (Å²) >= 11 is 3.34. The number of aryl methyl sites for hydroxylation is 3. The van der Waals surface area contributed by atoms with Crippen molar-refractivity contribution >= 4 is 37.3 Å². The van der Waals surface area contributed by atoms with Gasteiger partial charge in [-0.15, -0.1) is 0 Å². The molecule has 0 aliphatic rings. The molecule has 0 fully saturated rings. The second-order valence-electron chi connectivity index (χ2n) is 5.04. The van der Waals surface area contributed by atoms with E-state index in [1.54, 1.807) is 18.2 Å². The minimum absolute atomic E-state index is 0.102. The topological polar surface area (TPSA) is 72.2 Å². The largest absolute Gasteiger partial charge is 0.398 e. The highest BCUT2D eigenvalue weighted by Gasteiger charge is 2.19. The van der Waals surface area contributed by atoms with Gasteiger partial charge in [-0.2, -0.15) is 0 Å². The summed E-state index contributed by atoms with van der Waals surface area (Å²) in [5.41, 5.74) is 9.33. The van der Waals surface area contributed by atoms with Crippen molar-refractivity contribution in [1.82, 2.24) is 0 Å². The van der Waals surface area contributed by atoms with Crippen LogP contribution >= 0.6 is 15.9 Å². The first kappa shape index (κ1) is 15.9. The molecule has 0 radical (unpaired) electrons. The van der Waals surface area contributed by atoms with E-state index >= 15 is 0 Å². The van der Waals surface area contributed by atoms with Gasteiger partial charge in [0.1, 0.15) is 4.90 Å². The number of rotatable bonds is 3. The van der Waals surface area contributed by atoms with Crippen LogP contribution in [0, 0.1) is 20.8 Å². The van der Waals surface area contributed by atoms with Gasteiger partial charge < -0.3 is 5.73 Å². The molecule has 0 unspecified atom stereocenters. The summed E-state index contributed by atoms with van der Waals surface area (Å²) < 4.78 is 28.5. The van der Waals surface area contributed by atoms with Gasteiger partial charge in [-0.3, -0.25) is 4.72 Å². The predicted molar refractivity (Wildman–Crippen MR) is 90.0 cm³/mol. The van der Waals surface area contributed by atoms with Gasteiger partial charge in [0.15, 0.2) is 0 Å². The first-order valence-electron chi connectivity index (χ1n) is 6.36. The summed E-state index contributed by atoms with van der Waals surface area (Å²) in [5, 5.41) is 0. The van der Waals surface area contributed by atoms with Crippen LogP contribution in [-0.2, 0) is 10.0 Å². The summed E-state index contributed by atoms with van der Waals surface area (Å²) in [5.74, 6) is 0. The molecule has 0 saturated carbocycles. The second kappa shape index (κ2) is 5.69. The van der Waals surface area contributed by atoms with Crippen molar-refractivity contribution in [2.45, 2.75) is 25.7 Å². The smallest absolute Gasteiger partial charge is 0.263 e. The number of halogens is 1. The van der Waals surface area contributed by atoms with Gasteiger partial charge >= 0.3 is 0 Å². The molecule has 0 atom stereocenters. The fourth-order valence-corrected chi connectivity index (χ4v) is 3.63. The monoisotopic (exact) mass is 368 g/mol. The molecule has 6 heteroatoms. The Labute approximate surface area is 133 Å². The molecule has 0 aromatic heterocycles. The van der Waals surface area contributed by atoms with Crippen LogP contribution in [0.3, 0.4) is 0 Å². The van der Waals surface area contributed by atoms with Crippen molar-refractivity contribution in [3.63, 3.8) is 0 Å². The Morgan fingerprint density at radius 2 is 1.62 bits per heavy atom. The molecule has 21 heavy (non-hydrogen) atoms. The molecule has 2 rings (SSSR count).